The van der Waals surface area contributed by atoms with Gasteiger partial charge >= 0.3 is 0 Å². The molecule has 1 aliphatic rings. The molecule has 0 N–H and O–H groups in total. The van der Waals surface area contributed by atoms with Crippen molar-refractivity contribution in [2.45, 2.75) is 51.4 Å². The number of thiazole rings is 1. The Balaban J connectivity index is 2.17. The summed E-state index contributed by atoms with van der Waals surface area (Å²) in [4.78, 5) is 5.93. The predicted octanol–water partition coefficient (Wildman–Crippen LogP) is 4.72. The first kappa shape index (κ1) is 11.7. The van der Waals surface area contributed by atoms with Crippen molar-refractivity contribution in [3.63, 3.8) is 0 Å². The molecule has 17 heavy (non-hydrogen) atoms. The van der Waals surface area contributed by atoms with Crippen LogP contribution in [0.25, 0.3) is 4.96 Å². The van der Waals surface area contributed by atoms with Gasteiger partial charge in [-0.3, -0.25) is 4.40 Å². The van der Waals surface area contributed by atoms with Gasteiger partial charge in [-0.1, -0.05) is 27.2 Å². The average Bonchev–Trinajstić information content (AvgIpc) is 2.65. The van der Waals surface area contributed by atoms with Crippen molar-refractivity contribution in [3.05, 3.63) is 21.4 Å². The lowest BCUT2D eigenvalue weighted by Crippen LogP contribution is -2.14. The molecule has 0 unspecified atom stereocenters. The molecule has 2 aromatic rings. The highest BCUT2D eigenvalue weighted by atomic mass is 79.9. The zero-order valence-electron chi connectivity index (χ0n) is 10.5. The fourth-order valence-corrected chi connectivity index (χ4v) is 4.31. The van der Waals surface area contributed by atoms with Gasteiger partial charge in [0, 0.05) is 22.4 Å². The number of hydrogen-bond acceptors (Lipinski definition) is 2. The Morgan fingerprint density at radius 2 is 2.12 bits per heavy atom. The summed E-state index contributed by atoms with van der Waals surface area (Å²) in [6, 6.07) is 0. The molecule has 0 atom stereocenters. The predicted molar refractivity (Wildman–Crippen MR) is 76.1 cm³/mol. The quantitative estimate of drug-likeness (QED) is 0.744. The van der Waals surface area contributed by atoms with Crippen LogP contribution in [0.1, 0.15) is 57.3 Å². The summed E-state index contributed by atoms with van der Waals surface area (Å²) < 4.78 is 3.47. The van der Waals surface area contributed by atoms with Crippen molar-refractivity contribution in [1.29, 1.82) is 0 Å². The molecule has 4 heteroatoms. The second-order valence-corrected chi connectivity index (χ2v) is 7.49. The van der Waals surface area contributed by atoms with Gasteiger partial charge in [0.1, 0.15) is 4.60 Å². The highest BCUT2D eigenvalue weighted by molar-refractivity contribution is 9.10. The largest absolute Gasteiger partial charge is 0.281 e. The molecule has 0 saturated heterocycles. The van der Waals surface area contributed by atoms with Gasteiger partial charge in [0.25, 0.3) is 0 Å². The van der Waals surface area contributed by atoms with Crippen molar-refractivity contribution in [2.24, 2.45) is 0 Å². The molecule has 2 nitrogen and oxygen atoms in total. The molecule has 0 radical (unpaired) electrons. The molecule has 3 rings (SSSR count). The fraction of sp³-hybridized carbons (Fsp3) is 0.615. The normalized spacial score (nSPS) is 17.6. The summed E-state index contributed by atoms with van der Waals surface area (Å²) >= 11 is 5.51. The van der Waals surface area contributed by atoms with Crippen molar-refractivity contribution < 1.29 is 0 Å². The number of halogens is 1. The van der Waals surface area contributed by atoms with Crippen molar-refractivity contribution in [2.75, 3.05) is 0 Å². The lowest BCUT2D eigenvalue weighted by atomic mass is 9.83. The minimum absolute atomic E-state index is 0.165. The Labute approximate surface area is 114 Å². The van der Waals surface area contributed by atoms with Gasteiger partial charge in [-0.05, 0) is 28.8 Å². The van der Waals surface area contributed by atoms with Crippen LogP contribution in [0, 0.1) is 0 Å². The van der Waals surface area contributed by atoms with Crippen LogP contribution < -0.4 is 0 Å². The van der Waals surface area contributed by atoms with E-state index < -0.39 is 0 Å². The van der Waals surface area contributed by atoms with E-state index in [1.54, 1.807) is 11.3 Å². The topological polar surface area (TPSA) is 17.3 Å². The van der Waals surface area contributed by atoms with Crippen LogP contribution in [0.3, 0.4) is 0 Å². The number of imidazole rings is 1. The van der Waals surface area contributed by atoms with E-state index in [0.29, 0.717) is 5.92 Å². The fourth-order valence-electron chi connectivity index (χ4n) is 2.30. The minimum atomic E-state index is 0.165. The number of fused-ring (bicyclic) bond motifs is 1. The van der Waals surface area contributed by atoms with Gasteiger partial charge < -0.3 is 0 Å². The van der Waals surface area contributed by atoms with Crippen LogP contribution in [0.15, 0.2) is 9.98 Å². The smallest absolute Gasteiger partial charge is 0.195 e. The van der Waals surface area contributed by atoms with E-state index >= 15 is 0 Å². The molecule has 2 heterocycles. The highest BCUT2D eigenvalue weighted by Gasteiger charge is 2.28. The van der Waals surface area contributed by atoms with Gasteiger partial charge in [-0.25, -0.2) is 4.98 Å². The number of rotatable bonds is 1. The molecule has 0 aliphatic heterocycles. The Bertz CT molecular complexity index is 558. The van der Waals surface area contributed by atoms with Crippen LogP contribution >= 0.6 is 27.3 Å². The molecule has 0 bridgehead atoms. The Morgan fingerprint density at radius 3 is 2.65 bits per heavy atom. The molecule has 0 spiro atoms. The second-order valence-electron chi connectivity index (χ2n) is 5.90. The van der Waals surface area contributed by atoms with Crippen LogP contribution in [0.5, 0.6) is 0 Å². The lowest BCUT2D eigenvalue weighted by molar-refractivity contribution is 0.411. The standard InChI is InChI=1S/C13H17BrN2S/c1-13(2,3)9-7-17-12-15-10(8-5-4-6-8)11(14)16(9)12/h7-8H,4-6H2,1-3H3. The third-order valence-corrected chi connectivity index (χ3v) is 5.18. The van der Waals surface area contributed by atoms with Gasteiger partial charge in [0.2, 0.25) is 0 Å². The average molecular weight is 313 g/mol. The minimum Gasteiger partial charge on any atom is -0.281 e. The Morgan fingerprint density at radius 1 is 1.41 bits per heavy atom. The SMILES string of the molecule is CC(C)(C)c1csc2nc(C3CCC3)c(Br)n12. The van der Waals surface area contributed by atoms with Gasteiger partial charge in [-0.15, -0.1) is 11.3 Å². The van der Waals surface area contributed by atoms with Crippen LogP contribution in [0.4, 0.5) is 0 Å². The van der Waals surface area contributed by atoms with Crippen LogP contribution in [-0.2, 0) is 5.41 Å². The second kappa shape index (κ2) is 3.82. The van der Waals surface area contributed by atoms with Gasteiger partial charge in [0.05, 0.1) is 5.69 Å². The summed E-state index contributed by atoms with van der Waals surface area (Å²) in [6.45, 7) is 6.76. The van der Waals surface area contributed by atoms with Crippen molar-refractivity contribution in [1.82, 2.24) is 9.38 Å². The third kappa shape index (κ3) is 1.76. The first-order valence-electron chi connectivity index (χ1n) is 6.14. The number of hydrogen-bond donors (Lipinski definition) is 0. The molecular formula is C13H17BrN2S. The molecule has 1 fully saturated rings. The molecule has 0 amide bonds. The number of nitrogens with zero attached hydrogens (tertiary/aromatic N) is 2. The zero-order valence-corrected chi connectivity index (χ0v) is 12.9. The van der Waals surface area contributed by atoms with E-state index in [4.69, 9.17) is 4.98 Å². The molecule has 2 aromatic heterocycles. The maximum absolute atomic E-state index is 4.80. The summed E-state index contributed by atoms with van der Waals surface area (Å²) in [6.07, 6.45) is 3.96. The summed E-state index contributed by atoms with van der Waals surface area (Å²) in [5.74, 6) is 0.685. The van der Waals surface area contributed by atoms with Gasteiger partial charge in [-0.2, -0.15) is 0 Å². The van der Waals surface area contributed by atoms with Crippen LogP contribution in [0.2, 0.25) is 0 Å². The molecule has 92 valence electrons. The highest BCUT2D eigenvalue weighted by Crippen LogP contribution is 2.41. The summed E-state index contributed by atoms with van der Waals surface area (Å²) in [5.41, 5.74) is 2.79. The summed E-state index contributed by atoms with van der Waals surface area (Å²) in [7, 11) is 0. The first-order chi connectivity index (χ1) is 7.98. The monoisotopic (exact) mass is 312 g/mol. The maximum atomic E-state index is 4.80. The van der Waals surface area contributed by atoms with E-state index in [2.05, 4.69) is 46.5 Å². The molecular weight excluding hydrogens is 296 g/mol. The van der Waals surface area contributed by atoms with E-state index in [1.807, 2.05) is 0 Å². The molecule has 1 aliphatic carbocycles. The van der Waals surface area contributed by atoms with E-state index in [0.717, 1.165) is 4.96 Å². The van der Waals surface area contributed by atoms with Crippen LogP contribution in [-0.4, -0.2) is 9.38 Å². The Kier molecular flexibility index (Phi) is 2.63. The maximum Gasteiger partial charge on any atom is 0.195 e. The molecule has 0 aromatic carbocycles. The number of aromatic nitrogens is 2. The van der Waals surface area contributed by atoms with E-state index in [1.165, 1.54) is 35.3 Å². The van der Waals surface area contributed by atoms with Crippen molar-refractivity contribution >= 4 is 32.2 Å². The first-order valence-corrected chi connectivity index (χ1v) is 7.81. The van der Waals surface area contributed by atoms with Crippen molar-refractivity contribution in [3.8, 4) is 0 Å². The van der Waals surface area contributed by atoms with E-state index in [-0.39, 0.29) is 5.41 Å². The molecule has 1 saturated carbocycles. The van der Waals surface area contributed by atoms with E-state index in [9.17, 15) is 0 Å². The third-order valence-electron chi connectivity index (χ3n) is 3.59. The Hall–Kier alpha value is -0.350. The lowest BCUT2D eigenvalue weighted by Gasteiger charge is -2.24. The zero-order chi connectivity index (χ0) is 12.2. The summed E-state index contributed by atoms with van der Waals surface area (Å²) in [5, 5.41) is 2.23. The van der Waals surface area contributed by atoms with Gasteiger partial charge in [0.15, 0.2) is 4.96 Å².